The van der Waals surface area contributed by atoms with Crippen LogP contribution in [0.1, 0.15) is 18.4 Å². The molecule has 1 aromatic carbocycles. The fourth-order valence-electron chi connectivity index (χ4n) is 1.65. The second-order valence-corrected chi connectivity index (χ2v) is 4.77. The number of oxazole rings is 1. The average Bonchev–Trinajstić information content (AvgIpc) is 2.75. The summed E-state index contributed by atoms with van der Waals surface area (Å²) in [7, 11) is 0. The molecule has 0 atom stereocenters. The summed E-state index contributed by atoms with van der Waals surface area (Å²) in [6, 6.07) is 6.12. The van der Waals surface area contributed by atoms with Gasteiger partial charge in [0.2, 0.25) is 5.89 Å². The first-order valence-corrected chi connectivity index (χ1v) is 6.42. The first-order chi connectivity index (χ1) is 8.20. The molecule has 0 saturated carbocycles. The number of hydrogen-bond acceptors (Lipinski definition) is 3. The molecule has 1 N–H and O–H groups in total. The van der Waals surface area contributed by atoms with Gasteiger partial charge >= 0.3 is 0 Å². The minimum atomic E-state index is 0.673. The third-order valence-corrected chi connectivity index (χ3v) is 3.03. The molecule has 0 aliphatic rings. The molecule has 2 aromatic rings. The molecule has 0 aliphatic heterocycles. The van der Waals surface area contributed by atoms with Crippen LogP contribution in [0.15, 0.2) is 33.3 Å². The summed E-state index contributed by atoms with van der Waals surface area (Å²) in [5.74, 6) is 1.55. The minimum absolute atomic E-state index is 0.673. The molecule has 0 fully saturated rings. The highest BCUT2D eigenvalue weighted by Gasteiger charge is 2.08. The van der Waals surface area contributed by atoms with Crippen LogP contribution in [0.25, 0.3) is 11.3 Å². The van der Waals surface area contributed by atoms with E-state index in [1.807, 2.05) is 12.1 Å². The van der Waals surface area contributed by atoms with Gasteiger partial charge in [0.25, 0.3) is 0 Å². The Morgan fingerprint density at radius 1 is 1.41 bits per heavy atom. The Balaban J connectivity index is 2.24. The van der Waals surface area contributed by atoms with Gasteiger partial charge < -0.3 is 9.73 Å². The summed E-state index contributed by atoms with van der Waals surface area (Å²) in [6.07, 6.45) is 1.78. The molecule has 0 unspecified atom stereocenters. The number of nitrogens with one attached hydrogen (secondary N) is 1. The van der Waals surface area contributed by atoms with Gasteiger partial charge in [0.1, 0.15) is 0 Å². The number of halogens is 1. The zero-order valence-electron chi connectivity index (χ0n) is 9.96. The lowest BCUT2D eigenvalue weighted by Crippen LogP contribution is -2.11. The van der Waals surface area contributed by atoms with E-state index in [2.05, 4.69) is 46.1 Å². The SMILES string of the molecule is CCNCc1ncc(-c2ccc(Br)cc2C)o1. The molecule has 0 aliphatic carbocycles. The summed E-state index contributed by atoms with van der Waals surface area (Å²) in [5.41, 5.74) is 2.26. The summed E-state index contributed by atoms with van der Waals surface area (Å²) < 4.78 is 6.78. The minimum Gasteiger partial charge on any atom is -0.439 e. The Labute approximate surface area is 109 Å². The molecule has 4 heteroatoms. The number of aryl methyl sites for hydroxylation is 1. The normalized spacial score (nSPS) is 10.8. The van der Waals surface area contributed by atoms with Gasteiger partial charge in [0, 0.05) is 10.0 Å². The smallest absolute Gasteiger partial charge is 0.208 e. The maximum Gasteiger partial charge on any atom is 0.208 e. The van der Waals surface area contributed by atoms with Crippen molar-refractivity contribution in [2.45, 2.75) is 20.4 Å². The summed E-state index contributed by atoms with van der Waals surface area (Å²) >= 11 is 3.45. The van der Waals surface area contributed by atoms with Gasteiger partial charge in [0.15, 0.2) is 5.76 Å². The Morgan fingerprint density at radius 3 is 2.94 bits per heavy atom. The van der Waals surface area contributed by atoms with Crippen LogP contribution in [0.4, 0.5) is 0 Å². The zero-order valence-corrected chi connectivity index (χ0v) is 11.5. The van der Waals surface area contributed by atoms with Crippen molar-refractivity contribution in [2.75, 3.05) is 6.54 Å². The molecule has 0 saturated heterocycles. The molecule has 3 nitrogen and oxygen atoms in total. The predicted octanol–water partition coefficient (Wildman–Crippen LogP) is 3.52. The number of hydrogen-bond donors (Lipinski definition) is 1. The lowest BCUT2D eigenvalue weighted by atomic mass is 10.1. The first-order valence-electron chi connectivity index (χ1n) is 5.62. The fourth-order valence-corrected chi connectivity index (χ4v) is 2.13. The van der Waals surface area contributed by atoms with Crippen molar-refractivity contribution in [3.63, 3.8) is 0 Å². The van der Waals surface area contributed by atoms with E-state index < -0.39 is 0 Å². The van der Waals surface area contributed by atoms with E-state index in [1.165, 1.54) is 5.56 Å². The number of rotatable bonds is 4. The molecule has 0 radical (unpaired) electrons. The largest absolute Gasteiger partial charge is 0.439 e. The molecule has 0 spiro atoms. The highest BCUT2D eigenvalue weighted by molar-refractivity contribution is 9.10. The van der Waals surface area contributed by atoms with Crippen LogP contribution < -0.4 is 5.32 Å². The van der Waals surface area contributed by atoms with Crippen LogP contribution in [0.3, 0.4) is 0 Å². The van der Waals surface area contributed by atoms with Crippen molar-refractivity contribution in [1.29, 1.82) is 0 Å². The summed E-state index contributed by atoms with van der Waals surface area (Å²) in [4.78, 5) is 4.25. The van der Waals surface area contributed by atoms with E-state index in [-0.39, 0.29) is 0 Å². The maximum atomic E-state index is 5.70. The number of benzene rings is 1. The Hall–Kier alpha value is -1.13. The number of aromatic nitrogens is 1. The molecule has 90 valence electrons. The second kappa shape index (κ2) is 5.47. The highest BCUT2D eigenvalue weighted by Crippen LogP contribution is 2.26. The molecule has 0 bridgehead atoms. The summed E-state index contributed by atoms with van der Waals surface area (Å²) in [6.45, 7) is 5.70. The molecule has 2 rings (SSSR count). The standard InChI is InChI=1S/C13H15BrN2O/c1-3-15-8-13-16-7-12(17-13)11-5-4-10(14)6-9(11)2/h4-7,15H,3,8H2,1-2H3. The maximum absolute atomic E-state index is 5.70. The van der Waals surface area contributed by atoms with Gasteiger partial charge in [-0.05, 0) is 37.2 Å². The average molecular weight is 295 g/mol. The van der Waals surface area contributed by atoms with Crippen molar-refractivity contribution in [3.8, 4) is 11.3 Å². The van der Waals surface area contributed by atoms with E-state index >= 15 is 0 Å². The van der Waals surface area contributed by atoms with Gasteiger partial charge in [-0.2, -0.15) is 0 Å². The molecule has 0 amide bonds. The van der Waals surface area contributed by atoms with E-state index in [9.17, 15) is 0 Å². The molecule has 1 heterocycles. The van der Waals surface area contributed by atoms with Crippen LogP contribution in [-0.2, 0) is 6.54 Å². The molecular formula is C13H15BrN2O. The third-order valence-electron chi connectivity index (χ3n) is 2.53. The van der Waals surface area contributed by atoms with Crippen molar-refractivity contribution in [2.24, 2.45) is 0 Å². The Morgan fingerprint density at radius 2 is 2.24 bits per heavy atom. The van der Waals surface area contributed by atoms with E-state index in [1.54, 1.807) is 6.20 Å². The number of nitrogens with zero attached hydrogens (tertiary/aromatic N) is 1. The van der Waals surface area contributed by atoms with Crippen LogP contribution in [0, 0.1) is 6.92 Å². The Bertz CT molecular complexity index is 508. The van der Waals surface area contributed by atoms with Crippen LogP contribution >= 0.6 is 15.9 Å². The highest BCUT2D eigenvalue weighted by atomic mass is 79.9. The van der Waals surface area contributed by atoms with Gasteiger partial charge in [-0.3, -0.25) is 0 Å². The van der Waals surface area contributed by atoms with E-state index in [4.69, 9.17) is 4.42 Å². The van der Waals surface area contributed by atoms with Crippen LogP contribution in [0.5, 0.6) is 0 Å². The van der Waals surface area contributed by atoms with Crippen LogP contribution in [0.2, 0.25) is 0 Å². The monoisotopic (exact) mass is 294 g/mol. The van der Waals surface area contributed by atoms with Gasteiger partial charge in [-0.25, -0.2) is 4.98 Å². The fraction of sp³-hybridized carbons (Fsp3) is 0.308. The second-order valence-electron chi connectivity index (χ2n) is 3.86. The van der Waals surface area contributed by atoms with Crippen molar-refractivity contribution in [3.05, 3.63) is 40.3 Å². The van der Waals surface area contributed by atoms with E-state index in [0.29, 0.717) is 6.54 Å². The zero-order chi connectivity index (χ0) is 12.3. The lowest BCUT2D eigenvalue weighted by Gasteiger charge is -2.02. The van der Waals surface area contributed by atoms with Crippen molar-refractivity contribution >= 4 is 15.9 Å². The predicted molar refractivity (Wildman–Crippen MR) is 71.8 cm³/mol. The molecule has 17 heavy (non-hydrogen) atoms. The topological polar surface area (TPSA) is 38.1 Å². The van der Waals surface area contributed by atoms with Crippen LogP contribution in [-0.4, -0.2) is 11.5 Å². The Kier molecular flexibility index (Phi) is 3.97. The van der Waals surface area contributed by atoms with Gasteiger partial charge in [-0.1, -0.05) is 22.9 Å². The van der Waals surface area contributed by atoms with Crippen molar-refractivity contribution < 1.29 is 4.42 Å². The van der Waals surface area contributed by atoms with E-state index in [0.717, 1.165) is 28.2 Å². The molecule has 1 aromatic heterocycles. The van der Waals surface area contributed by atoms with Gasteiger partial charge in [-0.15, -0.1) is 0 Å². The quantitative estimate of drug-likeness (QED) is 0.937. The summed E-state index contributed by atoms with van der Waals surface area (Å²) in [5, 5.41) is 3.19. The van der Waals surface area contributed by atoms with Crippen molar-refractivity contribution in [1.82, 2.24) is 10.3 Å². The van der Waals surface area contributed by atoms with Gasteiger partial charge in [0.05, 0.1) is 12.7 Å². The first kappa shape index (κ1) is 12.3. The third kappa shape index (κ3) is 2.96. The lowest BCUT2D eigenvalue weighted by molar-refractivity contribution is 0.482. The molecular weight excluding hydrogens is 280 g/mol.